The van der Waals surface area contributed by atoms with Crippen molar-refractivity contribution in [3.63, 3.8) is 0 Å². The molecular formula is C15H28O5. The van der Waals surface area contributed by atoms with Crippen molar-refractivity contribution in [2.75, 3.05) is 13.2 Å². The van der Waals surface area contributed by atoms with Crippen LogP contribution in [0.2, 0.25) is 0 Å². The van der Waals surface area contributed by atoms with Crippen LogP contribution in [0.5, 0.6) is 0 Å². The maximum Gasteiger partial charge on any atom is 0.117 e. The summed E-state index contributed by atoms with van der Waals surface area (Å²) in [7, 11) is 0. The van der Waals surface area contributed by atoms with Crippen molar-refractivity contribution in [3.05, 3.63) is 12.3 Å². The predicted octanol–water partition coefficient (Wildman–Crippen LogP) is 1.36. The molecule has 0 aromatic carbocycles. The number of allylic oxidation sites excluding steroid dienone is 1. The van der Waals surface area contributed by atoms with Crippen molar-refractivity contribution in [2.45, 2.75) is 69.9 Å². The topological polar surface area (TPSA) is 79.2 Å². The van der Waals surface area contributed by atoms with Crippen molar-refractivity contribution in [1.29, 1.82) is 0 Å². The third-order valence-electron chi connectivity index (χ3n) is 3.50. The van der Waals surface area contributed by atoms with E-state index in [1.165, 1.54) is 25.7 Å². The number of hydrogen-bond acceptors (Lipinski definition) is 5. The van der Waals surface area contributed by atoms with Crippen LogP contribution in [0.25, 0.3) is 0 Å². The standard InChI is InChI=1S/C15H28O5/c1-2-3-4-5-6-7-8-9-19-10-13(17)15-14(18)12(16)11-20-15/h8-9,12-18H,2-7,10-11H2,1H3/b9-8+/t12-,13+,14+,15+/m0/s1. The summed E-state index contributed by atoms with van der Waals surface area (Å²) in [4.78, 5) is 0. The quantitative estimate of drug-likeness (QED) is 0.418. The number of aliphatic hydroxyl groups excluding tert-OH is 3. The van der Waals surface area contributed by atoms with Crippen molar-refractivity contribution < 1.29 is 24.8 Å². The molecule has 0 saturated carbocycles. The Morgan fingerprint density at radius 1 is 1.25 bits per heavy atom. The molecule has 20 heavy (non-hydrogen) atoms. The second-order valence-corrected chi connectivity index (χ2v) is 5.33. The highest BCUT2D eigenvalue weighted by Gasteiger charge is 2.39. The fraction of sp³-hybridized carbons (Fsp3) is 0.867. The molecule has 0 radical (unpaired) electrons. The van der Waals surface area contributed by atoms with Gasteiger partial charge in [-0.05, 0) is 18.9 Å². The lowest BCUT2D eigenvalue weighted by molar-refractivity contribution is -0.0703. The Morgan fingerprint density at radius 2 is 2.00 bits per heavy atom. The lowest BCUT2D eigenvalue weighted by atomic mass is 10.1. The molecule has 0 amide bonds. The lowest BCUT2D eigenvalue weighted by Gasteiger charge is -2.20. The average molecular weight is 288 g/mol. The fourth-order valence-corrected chi connectivity index (χ4v) is 2.22. The van der Waals surface area contributed by atoms with Crippen LogP contribution in [0.1, 0.15) is 45.4 Å². The minimum atomic E-state index is -1.05. The van der Waals surface area contributed by atoms with Gasteiger partial charge in [-0.25, -0.2) is 0 Å². The van der Waals surface area contributed by atoms with Gasteiger partial charge in [0.05, 0.1) is 12.9 Å². The molecule has 1 aliphatic heterocycles. The van der Waals surface area contributed by atoms with E-state index in [2.05, 4.69) is 6.92 Å². The van der Waals surface area contributed by atoms with Crippen LogP contribution in [0.15, 0.2) is 12.3 Å². The molecule has 118 valence electrons. The summed E-state index contributed by atoms with van der Waals surface area (Å²) in [6.07, 6.45) is 7.04. The molecular weight excluding hydrogens is 260 g/mol. The minimum absolute atomic E-state index is 0.0521. The molecule has 1 rings (SSSR count). The van der Waals surface area contributed by atoms with E-state index in [9.17, 15) is 15.3 Å². The van der Waals surface area contributed by atoms with Crippen LogP contribution in [0.4, 0.5) is 0 Å². The first-order chi connectivity index (χ1) is 9.66. The van der Waals surface area contributed by atoms with Crippen LogP contribution in [-0.2, 0) is 9.47 Å². The minimum Gasteiger partial charge on any atom is -0.499 e. The normalized spacial score (nSPS) is 28.1. The van der Waals surface area contributed by atoms with E-state index in [4.69, 9.17) is 9.47 Å². The summed E-state index contributed by atoms with van der Waals surface area (Å²) in [5, 5.41) is 28.7. The Bertz CT molecular complexity index is 269. The molecule has 0 bridgehead atoms. The molecule has 0 aromatic heterocycles. The summed E-state index contributed by atoms with van der Waals surface area (Å²) in [5.41, 5.74) is 0. The van der Waals surface area contributed by atoms with Gasteiger partial charge in [-0.15, -0.1) is 0 Å². The van der Waals surface area contributed by atoms with E-state index in [0.29, 0.717) is 0 Å². The van der Waals surface area contributed by atoms with Gasteiger partial charge < -0.3 is 24.8 Å². The molecule has 1 fully saturated rings. The van der Waals surface area contributed by atoms with Crippen molar-refractivity contribution >= 4 is 0 Å². The molecule has 0 aliphatic carbocycles. The summed E-state index contributed by atoms with van der Waals surface area (Å²) >= 11 is 0. The molecule has 5 heteroatoms. The fourth-order valence-electron chi connectivity index (χ4n) is 2.22. The zero-order chi connectivity index (χ0) is 14.8. The maximum atomic E-state index is 9.78. The summed E-state index contributed by atoms with van der Waals surface area (Å²) in [6.45, 7) is 2.31. The Labute approximate surface area is 121 Å². The third kappa shape index (κ3) is 6.22. The Kier molecular flexibility index (Phi) is 8.85. The van der Waals surface area contributed by atoms with Crippen LogP contribution < -0.4 is 0 Å². The highest BCUT2D eigenvalue weighted by Crippen LogP contribution is 2.17. The first-order valence-corrected chi connectivity index (χ1v) is 7.59. The summed E-state index contributed by atoms with van der Waals surface area (Å²) in [6, 6.07) is 0. The first-order valence-electron chi connectivity index (χ1n) is 7.59. The summed E-state index contributed by atoms with van der Waals surface area (Å²) in [5.74, 6) is 0. The zero-order valence-electron chi connectivity index (χ0n) is 12.3. The van der Waals surface area contributed by atoms with E-state index < -0.39 is 24.4 Å². The van der Waals surface area contributed by atoms with E-state index in [1.807, 2.05) is 6.08 Å². The maximum absolute atomic E-state index is 9.78. The lowest BCUT2D eigenvalue weighted by Crippen LogP contribution is -2.40. The highest BCUT2D eigenvalue weighted by atomic mass is 16.5. The smallest absolute Gasteiger partial charge is 0.117 e. The van der Waals surface area contributed by atoms with Crippen molar-refractivity contribution in [2.24, 2.45) is 0 Å². The molecule has 3 N–H and O–H groups in total. The molecule has 1 saturated heterocycles. The number of ether oxygens (including phenoxy) is 2. The molecule has 4 atom stereocenters. The number of aliphatic hydroxyl groups is 3. The Balaban J connectivity index is 2.03. The van der Waals surface area contributed by atoms with Crippen LogP contribution in [0.3, 0.4) is 0 Å². The molecule has 0 unspecified atom stereocenters. The van der Waals surface area contributed by atoms with Gasteiger partial charge in [-0.3, -0.25) is 0 Å². The van der Waals surface area contributed by atoms with Gasteiger partial charge in [0.25, 0.3) is 0 Å². The average Bonchev–Trinajstić information content (AvgIpc) is 2.77. The van der Waals surface area contributed by atoms with E-state index in [1.54, 1.807) is 6.26 Å². The Morgan fingerprint density at radius 3 is 2.65 bits per heavy atom. The molecule has 5 nitrogen and oxygen atoms in total. The molecule has 1 heterocycles. The third-order valence-corrected chi connectivity index (χ3v) is 3.50. The monoisotopic (exact) mass is 288 g/mol. The van der Waals surface area contributed by atoms with Gasteiger partial charge in [-0.2, -0.15) is 0 Å². The second kappa shape index (κ2) is 10.2. The second-order valence-electron chi connectivity index (χ2n) is 5.33. The molecule has 0 aromatic rings. The van der Waals surface area contributed by atoms with Gasteiger partial charge >= 0.3 is 0 Å². The molecule has 0 spiro atoms. The van der Waals surface area contributed by atoms with E-state index in [0.717, 1.165) is 12.8 Å². The SMILES string of the molecule is CCCCCCC/C=C/OC[C@@H](O)[C@H]1OC[C@H](O)[C@H]1O. The van der Waals surface area contributed by atoms with Crippen molar-refractivity contribution in [3.8, 4) is 0 Å². The largest absolute Gasteiger partial charge is 0.499 e. The molecule has 1 aliphatic rings. The number of rotatable bonds is 10. The van der Waals surface area contributed by atoms with Gasteiger partial charge in [-0.1, -0.05) is 32.6 Å². The predicted molar refractivity (Wildman–Crippen MR) is 76.2 cm³/mol. The van der Waals surface area contributed by atoms with Crippen LogP contribution in [0, 0.1) is 0 Å². The van der Waals surface area contributed by atoms with Gasteiger partial charge in [0.2, 0.25) is 0 Å². The zero-order valence-corrected chi connectivity index (χ0v) is 12.3. The van der Waals surface area contributed by atoms with Crippen LogP contribution in [-0.4, -0.2) is 52.9 Å². The first kappa shape index (κ1) is 17.4. The number of unbranched alkanes of at least 4 members (excludes halogenated alkanes) is 5. The van der Waals surface area contributed by atoms with Crippen LogP contribution >= 0.6 is 0 Å². The van der Waals surface area contributed by atoms with Gasteiger partial charge in [0.1, 0.15) is 31.0 Å². The highest BCUT2D eigenvalue weighted by molar-refractivity contribution is 4.88. The Hall–Kier alpha value is -0.620. The van der Waals surface area contributed by atoms with E-state index in [-0.39, 0.29) is 13.2 Å². The van der Waals surface area contributed by atoms with E-state index >= 15 is 0 Å². The summed E-state index contributed by atoms with van der Waals surface area (Å²) < 4.78 is 10.3. The van der Waals surface area contributed by atoms with Gasteiger partial charge in [0.15, 0.2) is 0 Å². The number of hydrogen-bond donors (Lipinski definition) is 3. The van der Waals surface area contributed by atoms with Crippen molar-refractivity contribution in [1.82, 2.24) is 0 Å². The van der Waals surface area contributed by atoms with Gasteiger partial charge in [0, 0.05) is 0 Å².